The molecule has 0 unspecified atom stereocenters. The first-order valence-electron chi connectivity index (χ1n) is 7.67. The van der Waals surface area contributed by atoms with Crippen LogP contribution < -0.4 is 0 Å². The minimum absolute atomic E-state index is 0.787. The van der Waals surface area contributed by atoms with Crippen LogP contribution in [0, 0.1) is 0 Å². The van der Waals surface area contributed by atoms with Gasteiger partial charge in [0.15, 0.2) is 0 Å². The summed E-state index contributed by atoms with van der Waals surface area (Å²) in [4.78, 5) is 0. The Labute approximate surface area is 117 Å². The van der Waals surface area contributed by atoms with Crippen LogP contribution in [0.2, 0.25) is 0 Å². The third-order valence-corrected chi connectivity index (χ3v) is 4.02. The Morgan fingerprint density at radius 2 is 1.89 bits per heavy atom. The summed E-state index contributed by atoms with van der Waals surface area (Å²) in [5.74, 6) is 0. The molecule has 0 aliphatic heterocycles. The highest BCUT2D eigenvalue weighted by Gasteiger charge is 2.15. The lowest BCUT2D eigenvalue weighted by atomic mass is 9.86. The standard InChI is InChI=1S/C18H26O/c1-3-4-5-8-13-19-14-18-15(2)11-12-16-9-6-7-10-17(16)18/h6-7,9-10H,3-5,8,11-14H2,1-2H3. The van der Waals surface area contributed by atoms with Gasteiger partial charge in [0.2, 0.25) is 0 Å². The molecule has 0 saturated carbocycles. The summed E-state index contributed by atoms with van der Waals surface area (Å²) in [7, 11) is 0. The number of benzene rings is 1. The molecule has 19 heavy (non-hydrogen) atoms. The summed E-state index contributed by atoms with van der Waals surface area (Å²) in [6, 6.07) is 8.78. The van der Waals surface area contributed by atoms with Crippen LogP contribution in [-0.2, 0) is 11.2 Å². The highest BCUT2D eigenvalue weighted by molar-refractivity contribution is 5.73. The van der Waals surface area contributed by atoms with E-state index in [0.29, 0.717) is 0 Å². The van der Waals surface area contributed by atoms with E-state index in [1.54, 1.807) is 0 Å². The lowest BCUT2D eigenvalue weighted by Crippen LogP contribution is -2.09. The van der Waals surface area contributed by atoms with Crippen LogP contribution in [-0.4, -0.2) is 13.2 Å². The molecule has 1 aromatic carbocycles. The van der Waals surface area contributed by atoms with Crippen LogP contribution in [0.25, 0.3) is 5.57 Å². The number of ether oxygens (including phenoxy) is 1. The predicted octanol–water partition coefficient (Wildman–Crippen LogP) is 5.00. The Bertz CT molecular complexity index is 431. The van der Waals surface area contributed by atoms with Gasteiger partial charge in [-0.1, -0.05) is 56.0 Å². The number of hydrogen-bond acceptors (Lipinski definition) is 1. The zero-order valence-electron chi connectivity index (χ0n) is 12.4. The van der Waals surface area contributed by atoms with Crippen molar-refractivity contribution in [2.24, 2.45) is 0 Å². The highest BCUT2D eigenvalue weighted by Crippen LogP contribution is 2.31. The molecule has 0 atom stereocenters. The molecule has 0 N–H and O–H groups in total. The van der Waals surface area contributed by atoms with E-state index in [2.05, 4.69) is 38.1 Å². The summed E-state index contributed by atoms with van der Waals surface area (Å²) < 4.78 is 5.89. The maximum absolute atomic E-state index is 5.89. The third-order valence-electron chi connectivity index (χ3n) is 4.02. The molecule has 0 radical (unpaired) electrons. The van der Waals surface area contributed by atoms with E-state index in [1.807, 2.05) is 0 Å². The molecule has 0 bridgehead atoms. The van der Waals surface area contributed by atoms with Gasteiger partial charge in [0, 0.05) is 6.61 Å². The molecular formula is C18H26O. The molecule has 1 aliphatic rings. The van der Waals surface area contributed by atoms with Gasteiger partial charge in [-0.05, 0) is 42.9 Å². The van der Waals surface area contributed by atoms with Gasteiger partial charge < -0.3 is 4.74 Å². The number of rotatable bonds is 7. The Hall–Kier alpha value is -1.08. The van der Waals surface area contributed by atoms with Crippen LogP contribution in [0.1, 0.15) is 57.1 Å². The first-order valence-corrected chi connectivity index (χ1v) is 7.67. The van der Waals surface area contributed by atoms with E-state index in [9.17, 15) is 0 Å². The van der Waals surface area contributed by atoms with Gasteiger partial charge in [-0.2, -0.15) is 0 Å². The molecule has 2 rings (SSSR count). The van der Waals surface area contributed by atoms with E-state index in [-0.39, 0.29) is 0 Å². The maximum atomic E-state index is 5.89. The Balaban J connectivity index is 1.88. The third kappa shape index (κ3) is 3.94. The van der Waals surface area contributed by atoms with E-state index in [1.165, 1.54) is 60.8 Å². The largest absolute Gasteiger partial charge is 0.377 e. The number of unbranched alkanes of at least 4 members (excludes halogenated alkanes) is 3. The van der Waals surface area contributed by atoms with Crippen molar-refractivity contribution in [1.82, 2.24) is 0 Å². The van der Waals surface area contributed by atoms with E-state index < -0.39 is 0 Å². The van der Waals surface area contributed by atoms with Crippen LogP contribution in [0.15, 0.2) is 29.8 Å². The van der Waals surface area contributed by atoms with Crippen molar-refractivity contribution in [3.05, 3.63) is 41.0 Å². The fraction of sp³-hybridized carbons (Fsp3) is 0.556. The van der Waals surface area contributed by atoms with Gasteiger partial charge in [0.1, 0.15) is 0 Å². The second-order valence-electron chi connectivity index (χ2n) is 5.53. The summed E-state index contributed by atoms with van der Waals surface area (Å²) >= 11 is 0. The number of aryl methyl sites for hydroxylation is 1. The van der Waals surface area contributed by atoms with Crippen molar-refractivity contribution >= 4 is 5.57 Å². The minimum atomic E-state index is 0.787. The minimum Gasteiger partial charge on any atom is -0.377 e. The van der Waals surface area contributed by atoms with Gasteiger partial charge in [0.05, 0.1) is 6.61 Å². The summed E-state index contributed by atoms with van der Waals surface area (Å²) in [5, 5.41) is 0. The smallest absolute Gasteiger partial charge is 0.0722 e. The molecule has 0 saturated heterocycles. The SMILES string of the molecule is CCCCCCOCC1=C(C)CCc2ccccc21. The van der Waals surface area contributed by atoms with Crippen LogP contribution >= 0.6 is 0 Å². The van der Waals surface area contributed by atoms with Gasteiger partial charge >= 0.3 is 0 Å². The summed E-state index contributed by atoms with van der Waals surface area (Å²) in [6.45, 7) is 6.19. The molecule has 1 heteroatoms. The van der Waals surface area contributed by atoms with Gasteiger partial charge in [-0.15, -0.1) is 0 Å². The number of fused-ring (bicyclic) bond motifs is 1. The Morgan fingerprint density at radius 1 is 1.05 bits per heavy atom. The lowest BCUT2D eigenvalue weighted by Gasteiger charge is -2.21. The quantitative estimate of drug-likeness (QED) is 0.625. The van der Waals surface area contributed by atoms with E-state index in [4.69, 9.17) is 4.74 Å². The van der Waals surface area contributed by atoms with Crippen LogP contribution in [0.5, 0.6) is 0 Å². The predicted molar refractivity (Wildman–Crippen MR) is 82.3 cm³/mol. The molecule has 1 aromatic rings. The molecule has 0 heterocycles. The Kier molecular flexibility index (Phi) is 5.65. The molecule has 0 amide bonds. The van der Waals surface area contributed by atoms with Crippen molar-refractivity contribution < 1.29 is 4.74 Å². The highest BCUT2D eigenvalue weighted by atomic mass is 16.5. The monoisotopic (exact) mass is 258 g/mol. The Morgan fingerprint density at radius 3 is 2.74 bits per heavy atom. The second-order valence-corrected chi connectivity index (χ2v) is 5.53. The topological polar surface area (TPSA) is 9.23 Å². The average molecular weight is 258 g/mol. The van der Waals surface area contributed by atoms with Crippen molar-refractivity contribution in [2.45, 2.75) is 52.4 Å². The first-order chi connectivity index (χ1) is 9.33. The van der Waals surface area contributed by atoms with Crippen molar-refractivity contribution in [1.29, 1.82) is 0 Å². The maximum Gasteiger partial charge on any atom is 0.0722 e. The van der Waals surface area contributed by atoms with E-state index >= 15 is 0 Å². The average Bonchev–Trinajstić information content (AvgIpc) is 2.44. The van der Waals surface area contributed by atoms with Crippen LogP contribution in [0.3, 0.4) is 0 Å². The fourth-order valence-electron chi connectivity index (χ4n) is 2.74. The molecule has 0 fully saturated rings. The summed E-state index contributed by atoms with van der Waals surface area (Å²) in [6.07, 6.45) is 7.48. The van der Waals surface area contributed by atoms with Crippen molar-refractivity contribution in [3.63, 3.8) is 0 Å². The van der Waals surface area contributed by atoms with Crippen LogP contribution in [0.4, 0.5) is 0 Å². The zero-order chi connectivity index (χ0) is 13.5. The summed E-state index contributed by atoms with van der Waals surface area (Å²) in [5.41, 5.74) is 5.84. The van der Waals surface area contributed by atoms with Crippen molar-refractivity contribution in [2.75, 3.05) is 13.2 Å². The fourth-order valence-corrected chi connectivity index (χ4v) is 2.74. The molecular weight excluding hydrogens is 232 g/mol. The first kappa shape index (κ1) is 14.3. The van der Waals surface area contributed by atoms with Gasteiger partial charge in [-0.3, -0.25) is 0 Å². The van der Waals surface area contributed by atoms with Gasteiger partial charge in [-0.25, -0.2) is 0 Å². The molecule has 104 valence electrons. The second kappa shape index (κ2) is 7.49. The zero-order valence-corrected chi connectivity index (χ0v) is 12.4. The number of allylic oxidation sites excluding steroid dienone is 1. The molecule has 0 aromatic heterocycles. The van der Waals surface area contributed by atoms with Gasteiger partial charge in [0.25, 0.3) is 0 Å². The molecule has 1 nitrogen and oxygen atoms in total. The normalized spacial score (nSPS) is 14.6. The molecule has 1 aliphatic carbocycles. The molecule has 0 spiro atoms. The van der Waals surface area contributed by atoms with Crippen molar-refractivity contribution in [3.8, 4) is 0 Å². The lowest BCUT2D eigenvalue weighted by molar-refractivity contribution is 0.161. The van der Waals surface area contributed by atoms with E-state index in [0.717, 1.165) is 13.2 Å². The number of hydrogen-bond donors (Lipinski definition) is 0.